The van der Waals surface area contributed by atoms with Crippen molar-refractivity contribution in [2.75, 3.05) is 0 Å². The molecule has 0 amide bonds. The quantitative estimate of drug-likeness (QED) is 0.877. The minimum absolute atomic E-state index is 0.344. The molecule has 0 aliphatic heterocycles. The zero-order chi connectivity index (χ0) is 12.3. The zero-order valence-electron chi connectivity index (χ0n) is 9.76. The molecule has 1 atom stereocenters. The number of pyridine rings is 1. The molecule has 0 radical (unpaired) electrons. The highest BCUT2D eigenvalue weighted by Gasteiger charge is 2.16. The number of fused-ring (bicyclic) bond motifs is 1. The number of benzene rings is 1. The third-order valence-electron chi connectivity index (χ3n) is 2.95. The number of rotatable bonds is 4. The van der Waals surface area contributed by atoms with Crippen LogP contribution in [-0.2, 0) is 11.2 Å². The Balaban J connectivity index is 2.27. The first-order valence-corrected chi connectivity index (χ1v) is 5.78. The van der Waals surface area contributed by atoms with E-state index in [2.05, 4.69) is 4.98 Å². The van der Waals surface area contributed by atoms with Crippen LogP contribution in [0.3, 0.4) is 0 Å². The maximum atomic E-state index is 11.0. The van der Waals surface area contributed by atoms with Crippen molar-refractivity contribution < 1.29 is 9.90 Å². The average Bonchev–Trinajstić information content (AvgIpc) is 2.35. The first-order chi connectivity index (χ1) is 8.20. The maximum absolute atomic E-state index is 11.0. The fraction of sp³-hybridized carbons (Fsp3) is 0.286. The normalized spacial score (nSPS) is 12.5. The molecule has 0 spiro atoms. The summed E-state index contributed by atoms with van der Waals surface area (Å²) >= 11 is 0. The highest BCUT2D eigenvalue weighted by Crippen LogP contribution is 2.15. The van der Waals surface area contributed by atoms with Crippen LogP contribution in [0.5, 0.6) is 0 Å². The van der Waals surface area contributed by atoms with Crippen LogP contribution in [0.1, 0.15) is 19.0 Å². The van der Waals surface area contributed by atoms with Gasteiger partial charge in [0.25, 0.3) is 0 Å². The molecule has 1 N–H and O–H groups in total. The molecule has 0 aliphatic carbocycles. The van der Waals surface area contributed by atoms with Gasteiger partial charge in [0.2, 0.25) is 0 Å². The molecule has 88 valence electrons. The molecule has 1 heterocycles. The lowest BCUT2D eigenvalue weighted by Crippen LogP contribution is -2.15. The largest absolute Gasteiger partial charge is 0.481 e. The van der Waals surface area contributed by atoms with Crippen molar-refractivity contribution in [2.45, 2.75) is 19.8 Å². The number of para-hydroxylation sites is 1. The standard InChI is InChI=1S/C14H15NO2/c1-2-10(14(16)17)9-12-8-7-11-5-3-4-6-13(11)15-12/h3-8,10H,2,9H2,1H3,(H,16,17). The Morgan fingerprint density at radius 1 is 1.29 bits per heavy atom. The Labute approximate surface area is 100 Å². The van der Waals surface area contributed by atoms with Crippen LogP contribution >= 0.6 is 0 Å². The third kappa shape index (κ3) is 2.61. The van der Waals surface area contributed by atoms with E-state index in [-0.39, 0.29) is 5.92 Å². The van der Waals surface area contributed by atoms with Crippen LogP contribution in [0.2, 0.25) is 0 Å². The minimum Gasteiger partial charge on any atom is -0.481 e. The minimum atomic E-state index is -0.748. The first kappa shape index (κ1) is 11.6. The SMILES string of the molecule is CCC(Cc1ccc2ccccc2n1)C(=O)O. The fourth-order valence-corrected chi connectivity index (χ4v) is 1.88. The molecule has 2 aromatic rings. The van der Waals surface area contributed by atoms with E-state index in [1.807, 2.05) is 43.3 Å². The number of aliphatic carboxylic acids is 1. The van der Waals surface area contributed by atoms with Gasteiger partial charge in [0.05, 0.1) is 11.4 Å². The molecular weight excluding hydrogens is 214 g/mol. The molecule has 0 fully saturated rings. The van der Waals surface area contributed by atoms with Crippen LogP contribution < -0.4 is 0 Å². The van der Waals surface area contributed by atoms with Gasteiger partial charge >= 0.3 is 5.97 Å². The molecule has 0 saturated heterocycles. The second-order valence-corrected chi connectivity index (χ2v) is 4.14. The van der Waals surface area contributed by atoms with E-state index in [1.54, 1.807) is 0 Å². The smallest absolute Gasteiger partial charge is 0.306 e. The second kappa shape index (κ2) is 4.95. The molecule has 3 heteroatoms. The summed E-state index contributed by atoms with van der Waals surface area (Å²) in [6, 6.07) is 11.8. The summed E-state index contributed by atoms with van der Waals surface area (Å²) in [6.07, 6.45) is 1.13. The summed E-state index contributed by atoms with van der Waals surface area (Å²) in [5, 5.41) is 10.1. The Morgan fingerprint density at radius 2 is 2.06 bits per heavy atom. The number of aromatic nitrogens is 1. The zero-order valence-corrected chi connectivity index (χ0v) is 9.76. The average molecular weight is 229 g/mol. The number of hydrogen-bond acceptors (Lipinski definition) is 2. The maximum Gasteiger partial charge on any atom is 0.306 e. The van der Waals surface area contributed by atoms with Gasteiger partial charge in [0.1, 0.15) is 0 Å². The molecule has 3 nitrogen and oxygen atoms in total. The second-order valence-electron chi connectivity index (χ2n) is 4.14. The van der Waals surface area contributed by atoms with Crippen LogP contribution in [0, 0.1) is 5.92 Å². The van der Waals surface area contributed by atoms with Crippen molar-refractivity contribution in [3.63, 3.8) is 0 Å². The van der Waals surface area contributed by atoms with E-state index in [1.165, 1.54) is 0 Å². The van der Waals surface area contributed by atoms with Gasteiger partial charge in [-0.1, -0.05) is 31.2 Å². The van der Waals surface area contributed by atoms with Gasteiger partial charge in [0, 0.05) is 17.5 Å². The van der Waals surface area contributed by atoms with Crippen molar-refractivity contribution >= 4 is 16.9 Å². The first-order valence-electron chi connectivity index (χ1n) is 5.78. The molecule has 0 aliphatic rings. The fourth-order valence-electron chi connectivity index (χ4n) is 1.88. The van der Waals surface area contributed by atoms with Crippen molar-refractivity contribution in [3.05, 3.63) is 42.1 Å². The van der Waals surface area contributed by atoms with E-state index in [4.69, 9.17) is 5.11 Å². The molecular formula is C14H15NO2. The van der Waals surface area contributed by atoms with Gasteiger partial charge < -0.3 is 5.11 Å². The molecule has 1 aromatic carbocycles. The van der Waals surface area contributed by atoms with E-state index < -0.39 is 5.97 Å². The number of hydrogen-bond donors (Lipinski definition) is 1. The summed E-state index contributed by atoms with van der Waals surface area (Å²) in [6.45, 7) is 1.89. The van der Waals surface area contributed by atoms with Crippen LogP contribution in [0.15, 0.2) is 36.4 Å². The lowest BCUT2D eigenvalue weighted by molar-refractivity contribution is -0.141. The predicted molar refractivity (Wildman–Crippen MR) is 66.9 cm³/mol. The summed E-state index contributed by atoms with van der Waals surface area (Å²) in [4.78, 5) is 15.5. The van der Waals surface area contributed by atoms with E-state index in [0.29, 0.717) is 12.8 Å². The summed E-state index contributed by atoms with van der Waals surface area (Å²) < 4.78 is 0. The third-order valence-corrected chi connectivity index (χ3v) is 2.95. The van der Waals surface area contributed by atoms with Gasteiger partial charge in [0.15, 0.2) is 0 Å². The number of carboxylic acids is 1. The highest BCUT2D eigenvalue weighted by atomic mass is 16.4. The van der Waals surface area contributed by atoms with Crippen LogP contribution in [0.25, 0.3) is 10.9 Å². The van der Waals surface area contributed by atoms with Gasteiger partial charge in [-0.2, -0.15) is 0 Å². The van der Waals surface area contributed by atoms with Gasteiger partial charge in [-0.15, -0.1) is 0 Å². The monoisotopic (exact) mass is 229 g/mol. The van der Waals surface area contributed by atoms with Crippen molar-refractivity contribution in [3.8, 4) is 0 Å². The van der Waals surface area contributed by atoms with Crippen molar-refractivity contribution in [1.82, 2.24) is 4.98 Å². The summed E-state index contributed by atoms with van der Waals surface area (Å²) in [5.74, 6) is -1.09. The Bertz CT molecular complexity index is 536. The van der Waals surface area contributed by atoms with Gasteiger partial charge in [-0.3, -0.25) is 9.78 Å². The Kier molecular flexibility index (Phi) is 3.38. The number of carbonyl (C=O) groups is 1. The van der Waals surface area contributed by atoms with Crippen LogP contribution in [-0.4, -0.2) is 16.1 Å². The Hall–Kier alpha value is -1.90. The Morgan fingerprint density at radius 3 is 2.76 bits per heavy atom. The molecule has 1 unspecified atom stereocenters. The van der Waals surface area contributed by atoms with Crippen molar-refractivity contribution in [1.29, 1.82) is 0 Å². The van der Waals surface area contributed by atoms with Crippen LogP contribution in [0.4, 0.5) is 0 Å². The molecule has 1 aromatic heterocycles. The summed E-state index contributed by atoms with van der Waals surface area (Å²) in [7, 11) is 0. The topological polar surface area (TPSA) is 50.2 Å². The van der Waals surface area contributed by atoms with Crippen molar-refractivity contribution in [2.24, 2.45) is 5.92 Å². The predicted octanol–water partition coefficient (Wildman–Crippen LogP) is 2.89. The summed E-state index contributed by atoms with van der Waals surface area (Å²) in [5.41, 5.74) is 1.77. The number of carboxylic acid groups (broad SMARTS) is 1. The molecule has 17 heavy (non-hydrogen) atoms. The molecule has 0 saturated carbocycles. The molecule has 2 rings (SSSR count). The lowest BCUT2D eigenvalue weighted by atomic mass is 10.00. The van der Waals surface area contributed by atoms with Gasteiger partial charge in [-0.05, 0) is 18.6 Å². The van der Waals surface area contributed by atoms with E-state index >= 15 is 0 Å². The lowest BCUT2D eigenvalue weighted by Gasteiger charge is -2.09. The van der Waals surface area contributed by atoms with E-state index in [0.717, 1.165) is 16.6 Å². The van der Waals surface area contributed by atoms with E-state index in [9.17, 15) is 4.79 Å². The van der Waals surface area contributed by atoms with Gasteiger partial charge in [-0.25, -0.2) is 0 Å². The highest BCUT2D eigenvalue weighted by molar-refractivity contribution is 5.78. The molecule has 0 bridgehead atoms. The number of nitrogens with zero attached hydrogens (tertiary/aromatic N) is 1.